The van der Waals surface area contributed by atoms with Crippen LogP contribution in [0, 0.1) is 17.5 Å². The lowest BCUT2D eigenvalue weighted by Gasteiger charge is -2.10. The Kier molecular flexibility index (Phi) is 4.15. The monoisotopic (exact) mass is 380 g/mol. The van der Waals surface area contributed by atoms with Gasteiger partial charge in [-0.05, 0) is 40.2 Å². The smallest absolute Gasteiger partial charge is 0.264 e. The van der Waals surface area contributed by atoms with Gasteiger partial charge in [0.05, 0.1) is 10.2 Å². The molecule has 0 heterocycles. The van der Waals surface area contributed by atoms with Gasteiger partial charge in [-0.2, -0.15) is 0 Å². The topological polar surface area (TPSA) is 72.2 Å². The summed E-state index contributed by atoms with van der Waals surface area (Å²) >= 11 is 2.76. The van der Waals surface area contributed by atoms with Crippen LogP contribution in [0.4, 0.5) is 24.5 Å². The summed E-state index contributed by atoms with van der Waals surface area (Å²) in [7, 11) is -4.42. The second-order valence-electron chi connectivity index (χ2n) is 4.04. The Balaban J connectivity index is 2.45. The third-order valence-electron chi connectivity index (χ3n) is 2.50. The van der Waals surface area contributed by atoms with Crippen molar-refractivity contribution in [1.82, 2.24) is 0 Å². The second-order valence-corrected chi connectivity index (χ2v) is 6.55. The van der Waals surface area contributed by atoms with Crippen molar-refractivity contribution in [1.29, 1.82) is 0 Å². The Bertz CT molecular complexity index is 812. The minimum atomic E-state index is -4.42. The fourth-order valence-electron chi connectivity index (χ4n) is 1.54. The Morgan fingerprint density at radius 3 is 2.29 bits per heavy atom. The van der Waals surface area contributed by atoms with Crippen LogP contribution >= 0.6 is 15.9 Å². The van der Waals surface area contributed by atoms with Gasteiger partial charge >= 0.3 is 0 Å². The molecular formula is C12H8BrF3N2O2S. The molecule has 0 aliphatic heterocycles. The highest BCUT2D eigenvalue weighted by atomic mass is 79.9. The lowest BCUT2D eigenvalue weighted by molar-refractivity contribution is 0.569. The van der Waals surface area contributed by atoms with E-state index in [0.717, 1.165) is 18.2 Å². The predicted octanol–water partition coefficient (Wildman–Crippen LogP) is 3.25. The molecular weight excluding hydrogens is 373 g/mol. The molecule has 9 heteroatoms. The molecule has 4 nitrogen and oxygen atoms in total. The molecule has 0 fully saturated rings. The number of nitrogens with one attached hydrogen (secondary N) is 1. The maximum Gasteiger partial charge on any atom is 0.264 e. The van der Waals surface area contributed by atoms with Gasteiger partial charge in [0.2, 0.25) is 0 Å². The van der Waals surface area contributed by atoms with E-state index in [-0.39, 0.29) is 10.2 Å². The van der Waals surface area contributed by atoms with E-state index in [1.165, 1.54) is 6.07 Å². The van der Waals surface area contributed by atoms with Crippen LogP contribution < -0.4 is 10.5 Å². The lowest BCUT2D eigenvalue weighted by atomic mass is 10.3. The van der Waals surface area contributed by atoms with E-state index >= 15 is 0 Å². The normalized spacial score (nSPS) is 11.4. The molecule has 0 aromatic heterocycles. The molecule has 2 aromatic rings. The average Bonchev–Trinajstić information content (AvgIpc) is 2.35. The number of hydrogen-bond donors (Lipinski definition) is 2. The molecule has 0 spiro atoms. The average molecular weight is 381 g/mol. The minimum absolute atomic E-state index is 0.0346. The number of halogens is 4. The molecule has 2 rings (SSSR count). The Morgan fingerprint density at radius 2 is 1.67 bits per heavy atom. The summed E-state index contributed by atoms with van der Waals surface area (Å²) in [5.41, 5.74) is 4.72. The maximum atomic E-state index is 13.6. The zero-order chi connectivity index (χ0) is 15.8. The van der Waals surface area contributed by atoms with Crippen molar-refractivity contribution in [2.45, 2.75) is 4.90 Å². The zero-order valence-electron chi connectivity index (χ0n) is 10.2. The molecule has 0 unspecified atom stereocenters. The number of nitrogen functional groups attached to an aromatic ring is 1. The molecule has 0 amide bonds. The molecule has 0 saturated heterocycles. The highest BCUT2D eigenvalue weighted by molar-refractivity contribution is 9.10. The number of anilines is 2. The second kappa shape index (κ2) is 5.57. The molecule has 21 heavy (non-hydrogen) atoms. The van der Waals surface area contributed by atoms with Crippen LogP contribution in [0.2, 0.25) is 0 Å². The molecule has 0 saturated carbocycles. The molecule has 3 N–H and O–H groups in total. The van der Waals surface area contributed by atoms with Gasteiger partial charge in [0, 0.05) is 11.8 Å². The van der Waals surface area contributed by atoms with Gasteiger partial charge in [0.15, 0.2) is 0 Å². The van der Waals surface area contributed by atoms with E-state index < -0.39 is 38.1 Å². The van der Waals surface area contributed by atoms with Gasteiger partial charge in [-0.1, -0.05) is 0 Å². The van der Waals surface area contributed by atoms with Gasteiger partial charge < -0.3 is 5.73 Å². The number of nitrogens with two attached hydrogens (primary N) is 1. The van der Waals surface area contributed by atoms with Crippen LogP contribution in [0.1, 0.15) is 0 Å². The standard InChI is InChI=1S/C12H8BrF3N2O2S/c13-7-4-9(15)11(5-8(7)14)18-21(19,20)12-2-1-6(17)3-10(12)16/h1-5,18H,17H2. The Labute approximate surface area is 127 Å². The van der Waals surface area contributed by atoms with E-state index in [4.69, 9.17) is 5.73 Å². The predicted molar refractivity (Wildman–Crippen MR) is 75.7 cm³/mol. The fraction of sp³-hybridized carbons (Fsp3) is 0. The molecule has 0 aliphatic carbocycles. The first-order valence-corrected chi connectivity index (χ1v) is 7.71. The molecule has 0 aliphatic rings. The van der Waals surface area contributed by atoms with Crippen molar-refractivity contribution < 1.29 is 21.6 Å². The van der Waals surface area contributed by atoms with Gasteiger partial charge in [0.25, 0.3) is 10.0 Å². The van der Waals surface area contributed by atoms with E-state index in [2.05, 4.69) is 15.9 Å². The van der Waals surface area contributed by atoms with Crippen LogP contribution in [-0.2, 0) is 10.0 Å². The van der Waals surface area contributed by atoms with Crippen LogP contribution in [-0.4, -0.2) is 8.42 Å². The third-order valence-corrected chi connectivity index (χ3v) is 4.51. The van der Waals surface area contributed by atoms with Crippen LogP contribution in [0.5, 0.6) is 0 Å². The highest BCUT2D eigenvalue weighted by Crippen LogP contribution is 2.26. The van der Waals surface area contributed by atoms with Gasteiger partial charge in [0.1, 0.15) is 22.3 Å². The van der Waals surface area contributed by atoms with Crippen molar-refractivity contribution >= 4 is 37.3 Å². The van der Waals surface area contributed by atoms with E-state index in [0.29, 0.717) is 6.07 Å². The van der Waals surface area contributed by atoms with E-state index in [1.807, 2.05) is 0 Å². The van der Waals surface area contributed by atoms with Crippen molar-refractivity contribution in [3.05, 3.63) is 52.3 Å². The zero-order valence-corrected chi connectivity index (χ0v) is 12.6. The summed E-state index contributed by atoms with van der Waals surface area (Å²) in [5.74, 6) is -2.98. The number of sulfonamides is 1. The van der Waals surface area contributed by atoms with Gasteiger partial charge in [-0.3, -0.25) is 4.72 Å². The summed E-state index contributed by atoms with van der Waals surface area (Å²) < 4.78 is 66.2. The number of rotatable bonds is 3. The molecule has 0 radical (unpaired) electrons. The molecule has 112 valence electrons. The summed E-state index contributed by atoms with van der Waals surface area (Å²) in [6.45, 7) is 0. The van der Waals surface area contributed by atoms with Gasteiger partial charge in [-0.25, -0.2) is 21.6 Å². The van der Waals surface area contributed by atoms with E-state index in [9.17, 15) is 21.6 Å². The molecule has 0 bridgehead atoms. The first-order chi connectivity index (χ1) is 9.70. The first kappa shape index (κ1) is 15.6. The van der Waals surface area contributed by atoms with Gasteiger partial charge in [-0.15, -0.1) is 0 Å². The Hall–Kier alpha value is -1.74. The van der Waals surface area contributed by atoms with Crippen LogP contribution in [0.15, 0.2) is 39.7 Å². The summed E-state index contributed by atoms with van der Waals surface area (Å²) in [6.07, 6.45) is 0. The lowest BCUT2D eigenvalue weighted by Crippen LogP contribution is -2.16. The largest absolute Gasteiger partial charge is 0.399 e. The number of benzene rings is 2. The minimum Gasteiger partial charge on any atom is -0.399 e. The Morgan fingerprint density at radius 1 is 1.00 bits per heavy atom. The fourth-order valence-corrected chi connectivity index (χ4v) is 2.97. The van der Waals surface area contributed by atoms with Crippen molar-refractivity contribution in [3.63, 3.8) is 0 Å². The summed E-state index contributed by atoms with van der Waals surface area (Å²) in [5, 5.41) is 0. The van der Waals surface area contributed by atoms with Crippen molar-refractivity contribution in [3.8, 4) is 0 Å². The van der Waals surface area contributed by atoms with Crippen LogP contribution in [0.3, 0.4) is 0 Å². The van der Waals surface area contributed by atoms with Crippen molar-refractivity contribution in [2.75, 3.05) is 10.5 Å². The SMILES string of the molecule is Nc1ccc(S(=O)(=O)Nc2cc(F)c(Br)cc2F)c(F)c1. The third kappa shape index (κ3) is 3.30. The quantitative estimate of drug-likeness (QED) is 0.634. The highest BCUT2D eigenvalue weighted by Gasteiger charge is 2.21. The molecule has 0 atom stereocenters. The summed E-state index contributed by atoms with van der Waals surface area (Å²) in [6, 6.07) is 4.32. The van der Waals surface area contributed by atoms with Crippen molar-refractivity contribution in [2.24, 2.45) is 0 Å². The maximum absolute atomic E-state index is 13.6. The summed E-state index contributed by atoms with van der Waals surface area (Å²) in [4.78, 5) is -0.723. The van der Waals surface area contributed by atoms with Crippen LogP contribution in [0.25, 0.3) is 0 Å². The van der Waals surface area contributed by atoms with E-state index in [1.54, 1.807) is 4.72 Å². The first-order valence-electron chi connectivity index (χ1n) is 5.43. The molecule has 2 aromatic carbocycles. The number of hydrogen-bond acceptors (Lipinski definition) is 3.